The first-order valence-electron chi connectivity index (χ1n) is 6.16. The van der Waals surface area contributed by atoms with E-state index in [4.69, 9.17) is 9.15 Å². The van der Waals surface area contributed by atoms with Crippen LogP contribution in [0.1, 0.15) is 11.3 Å². The molecule has 6 heteroatoms. The van der Waals surface area contributed by atoms with Gasteiger partial charge in [-0.3, -0.25) is 0 Å². The Hall–Kier alpha value is -1.37. The van der Waals surface area contributed by atoms with Gasteiger partial charge in [0.15, 0.2) is 5.13 Å². The number of nitrogens with zero attached hydrogens (tertiary/aromatic N) is 2. The predicted molar refractivity (Wildman–Crippen MR) is 76.5 cm³/mol. The van der Waals surface area contributed by atoms with Gasteiger partial charge in [-0.05, 0) is 6.07 Å². The molecule has 0 aliphatic heterocycles. The maximum atomic E-state index is 5.07. The lowest BCUT2D eigenvalue weighted by molar-refractivity contribution is 0.199. The zero-order valence-electron chi connectivity index (χ0n) is 11.3. The fourth-order valence-electron chi connectivity index (χ4n) is 1.67. The Kier molecular flexibility index (Phi) is 5.38. The summed E-state index contributed by atoms with van der Waals surface area (Å²) in [4.78, 5) is 6.72. The van der Waals surface area contributed by atoms with Gasteiger partial charge >= 0.3 is 0 Å². The van der Waals surface area contributed by atoms with Gasteiger partial charge in [0.25, 0.3) is 0 Å². The van der Waals surface area contributed by atoms with Crippen LogP contribution in [0.15, 0.2) is 28.4 Å². The minimum Gasteiger partial charge on any atom is -0.472 e. The van der Waals surface area contributed by atoms with Crippen molar-refractivity contribution in [3.05, 3.63) is 35.2 Å². The lowest BCUT2D eigenvalue weighted by atomic mass is 10.3. The second-order valence-corrected chi connectivity index (χ2v) is 5.12. The number of anilines is 1. The molecule has 2 aromatic heterocycles. The third-order valence-corrected chi connectivity index (χ3v) is 3.66. The summed E-state index contributed by atoms with van der Waals surface area (Å²) in [6.07, 6.45) is 3.45. The zero-order valence-corrected chi connectivity index (χ0v) is 12.1. The van der Waals surface area contributed by atoms with E-state index in [2.05, 4.69) is 20.6 Å². The van der Waals surface area contributed by atoms with E-state index in [0.717, 1.165) is 42.6 Å². The number of methoxy groups -OCH3 is 1. The first kappa shape index (κ1) is 14.0. The van der Waals surface area contributed by atoms with E-state index in [1.165, 1.54) is 0 Å². The Morgan fingerprint density at radius 1 is 1.53 bits per heavy atom. The first-order valence-corrected chi connectivity index (χ1v) is 7.04. The molecule has 1 N–H and O–H groups in total. The third-order valence-electron chi connectivity index (χ3n) is 2.66. The van der Waals surface area contributed by atoms with Gasteiger partial charge in [-0.15, -0.1) is 11.3 Å². The van der Waals surface area contributed by atoms with E-state index in [1.807, 2.05) is 13.1 Å². The van der Waals surface area contributed by atoms with Gasteiger partial charge in [-0.25, -0.2) is 4.98 Å². The normalized spacial score (nSPS) is 10.8. The number of hydrogen-bond donors (Lipinski definition) is 1. The summed E-state index contributed by atoms with van der Waals surface area (Å²) in [5.41, 5.74) is 2.22. The van der Waals surface area contributed by atoms with E-state index in [0.29, 0.717) is 0 Å². The largest absolute Gasteiger partial charge is 0.472 e. The molecule has 0 aliphatic rings. The molecule has 0 bridgehead atoms. The van der Waals surface area contributed by atoms with Gasteiger partial charge in [0.05, 0.1) is 24.8 Å². The monoisotopic (exact) mass is 281 g/mol. The molecular formula is C13H19N3O2S. The molecule has 104 valence electrons. The highest BCUT2D eigenvalue weighted by molar-refractivity contribution is 7.13. The van der Waals surface area contributed by atoms with Crippen molar-refractivity contribution in [2.45, 2.75) is 13.1 Å². The van der Waals surface area contributed by atoms with Crippen molar-refractivity contribution in [1.82, 2.24) is 10.3 Å². The van der Waals surface area contributed by atoms with Gasteiger partial charge < -0.3 is 19.4 Å². The zero-order chi connectivity index (χ0) is 13.5. The topological polar surface area (TPSA) is 50.5 Å². The van der Waals surface area contributed by atoms with E-state index >= 15 is 0 Å². The lowest BCUT2D eigenvalue weighted by Crippen LogP contribution is -2.19. The quantitative estimate of drug-likeness (QED) is 0.751. The number of hydrogen-bond acceptors (Lipinski definition) is 6. The van der Waals surface area contributed by atoms with Crippen LogP contribution in [0, 0.1) is 0 Å². The van der Waals surface area contributed by atoms with Crippen LogP contribution in [-0.4, -0.2) is 32.3 Å². The van der Waals surface area contributed by atoms with Crippen molar-refractivity contribution in [3.63, 3.8) is 0 Å². The molecular weight excluding hydrogens is 262 g/mol. The second kappa shape index (κ2) is 7.28. The molecule has 19 heavy (non-hydrogen) atoms. The molecule has 0 fully saturated rings. The predicted octanol–water partition coefficient (Wildman–Crippen LogP) is 2.11. The Balaban J connectivity index is 1.82. The molecule has 2 aromatic rings. The number of nitrogens with one attached hydrogen (secondary N) is 1. The van der Waals surface area contributed by atoms with Crippen molar-refractivity contribution >= 4 is 16.5 Å². The second-order valence-electron chi connectivity index (χ2n) is 4.28. The molecule has 0 unspecified atom stereocenters. The average Bonchev–Trinajstić information content (AvgIpc) is 3.05. The molecule has 2 rings (SSSR count). The smallest absolute Gasteiger partial charge is 0.185 e. The molecule has 0 spiro atoms. The van der Waals surface area contributed by atoms with Crippen LogP contribution in [0.2, 0.25) is 0 Å². The average molecular weight is 281 g/mol. The number of rotatable bonds is 8. The number of aromatic nitrogens is 1. The summed E-state index contributed by atoms with van der Waals surface area (Å²) in [5, 5.41) is 6.39. The van der Waals surface area contributed by atoms with Gasteiger partial charge in [0, 0.05) is 44.7 Å². The standard InChI is InChI=1S/C13H19N3O2S/c1-16(8-11-3-5-18-9-11)13-15-12(10-19-13)7-14-4-6-17-2/h3,5,9-10,14H,4,6-8H2,1-2H3. The maximum Gasteiger partial charge on any atom is 0.185 e. The molecule has 0 aliphatic carbocycles. The van der Waals surface area contributed by atoms with Crippen molar-refractivity contribution < 1.29 is 9.15 Å². The minimum absolute atomic E-state index is 0.720. The van der Waals surface area contributed by atoms with Gasteiger partial charge in [-0.2, -0.15) is 0 Å². The van der Waals surface area contributed by atoms with Crippen LogP contribution < -0.4 is 10.2 Å². The molecule has 0 radical (unpaired) electrons. The van der Waals surface area contributed by atoms with Crippen LogP contribution in [0.4, 0.5) is 5.13 Å². The molecule has 0 atom stereocenters. The van der Waals surface area contributed by atoms with E-state index in [1.54, 1.807) is 31.0 Å². The summed E-state index contributed by atoms with van der Waals surface area (Å²) in [5.74, 6) is 0. The van der Waals surface area contributed by atoms with Crippen molar-refractivity contribution in [2.24, 2.45) is 0 Å². The van der Waals surface area contributed by atoms with Crippen LogP contribution >= 0.6 is 11.3 Å². The van der Waals surface area contributed by atoms with Crippen molar-refractivity contribution in [3.8, 4) is 0 Å². The van der Waals surface area contributed by atoms with Gasteiger partial charge in [0.1, 0.15) is 0 Å². The van der Waals surface area contributed by atoms with Crippen molar-refractivity contribution in [1.29, 1.82) is 0 Å². The summed E-state index contributed by atoms with van der Waals surface area (Å²) in [6, 6.07) is 1.97. The minimum atomic E-state index is 0.720. The van der Waals surface area contributed by atoms with E-state index < -0.39 is 0 Å². The Morgan fingerprint density at radius 2 is 2.42 bits per heavy atom. The number of thiazole rings is 1. The number of furan rings is 1. The summed E-state index contributed by atoms with van der Waals surface area (Å²) >= 11 is 1.66. The SMILES string of the molecule is COCCNCc1csc(N(C)Cc2ccoc2)n1. The van der Waals surface area contributed by atoms with Crippen molar-refractivity contribution in [2.75, 3.05) is 32.2 Å². The molecule has 2 heterocycles. The number of ether oxygens (including phenoxy) is 1. The van der Waals surface area contributed by atoms with E-state index in [-0.39, 0.29) is 0 Å². The maximum absolute atomic E-state index is 5.07. The lowest BCUT2D eigenvalue weighted by Gasteiger charge is -2.13. The summed E-state index contributed by atoms with van der Waals surface area (Å²) in [6.45, 7) is 3.14. The van der Waals surface area contributed by atoms with Crippen LogP contribution in [0.25, 0.3) is 0 Å². The highest BCUT2D eigenvalue weighted by Crippen LogP contribution is 2.21. The molecule has 0 saturated carbocycles. The van der Waals surface area contributed by atoms with Crippen LogP contribution in [0.5, 0.6) is 0 Å². The third kappa shape index (κ3) is 4.34. The van der Waals surface area contributed by atoms with Crippen LogP contribution in [-0.2, 0) is 17.8 Å². The van der Waals surface area contributed by atoms with Crippen LogP contribution in [0.3, 0.4) is 0 Å². The summed E-state index contributed by atoms with van der Waals surface area (Å²) < 4.78 is 10.1. The molecule has 0 saturated heterocycles. The Bertz CT molecular complexity index is 470. The first-order chi connectivity index (χ1) is 9.29. The fourth-order valence-corrected chi connectivity index (χ4v) is 2.46. The Labute approximate surface area is 117 Å². The molecule has 0 amide bonds. The van der Waals surface area contributed by atoms with E-state index in [9.17, 15) is 0 Å². The molecule has 0 aromatic carbocycles. The summed E-state index contributed by atoms with van der Waals surface area (Å²) in [7, 11) is 3.74. The highest BCUT2D eigenvalue weighted by atomic mass is 32.1. The highest BCUT2D eigenvalue weighted by Gasteiger charge is 2.08. The van der Waals surface area contributed by atoms with Gasteiger partial charge in [0.2, 0.25) is 0 Å². The Morgan fingerprint density at radius 3 is 3.16 bits per heavy atom. The fraction of sp³-hybridized carbons (Fsp3) is 0.462. The van der Waals surface area contributed by atoms with Gasteiger partial charge in [-0.1, -0.05) is 0 Å². The molecule has 5 nitrogen and oxygen atoms in total.